The van der Waals surface area contributed by atoms with E-state index < -0.39 is 4.92 Å². The van der Waals surface area contributed by atoms with Gasteiger partial charge in [-0.1, -0.05) is 30.3 Å². The highest BCUT2D eigenvalue weighted by molar-refractivity contribution is 5.46. The lowest BCUT2D eigenvalue weighted by atomic mass is 9.99. The fourth-order valence-electron chi connectivity index (χ4n) is 4.01. The van der Waals surface area contributed by atoms with Crippen LogP contribution in [0.1, 0.15) is 29.3 Å². The SMILES string of the molecule is O=[N+]([O-])c1ccc(CN2CCCn3cccc3C2c2ccccc2[N+](=O)[O-])cc1. The second kappa shape index (κ2) is 7.84. The summed E-state index contributed by atoms with van der Waals surface area (Å²) < 4.78 is 2.15. The highest BCUT2D eigenvalue weighted by atomic mass is 16.6. The Labute approximate surface area is 167 Å². The second-order valence-corrected chi connectivity index (χ2v) is 7.09. The van der Waals surface area contributed by atoms with Gasteiger partial charge in [-0.3, -0.25) is 25.1 Å². The molecule has 8 nitrogen and oxygen atoms in total. The van der Waals surface area contributed by atoms with Crippen LogP contribution in [-0.2, 0) is 13.1 Å². The van der Waals surface area contributed by atoms with Crippen LogP contribution < -0.4 is 0 Å². The van der Waals surface area contributed by atoms with Crippen LogP contribution in [0.4, 0.5) is 11.4 Å². The van der Waals surface area contributed by atoms with E-state index in [1.165, 1.54) is 18.2 Å². The Morgan fingerprint density at radius 3 is 2.38 bits per heavy atom. The maximum absolute atomic E-state index is 11.7. The highest BCUT2D eigenvalue weighted by Crippen LogP contribution is 2.37. The quantitative estimate of drug-likeness (QED) is 0.477. The van der Waals surface area contributed by atoms with Gasteiger partial charge in [0, 0.05) is 49.7 Å². The summed E-state index contributed by atoms with van der Waals surface area (Å²) in [5, 5.41) is 22.6. The van der Waals surface area contributed by atoms with Crippen molar-refractivity contribution in [1.29, 1.82) is 0 Å². The van der Waals surface area contributed by atoms with Gasteiger partial charge in [0.25, 0.3) is 11.4 Å². The fraction of sp³-hybridized carbons (Fsp3) is 0.238. The van der Waals surface area contributed by atoms with Gasteiger partial charge in [0.1, 0.15) is 0 Å². The molecule has 1 aliphatic rings. The second-order valence-electron chi connectivity index (χ2n) is 7.09. The molecule has 0 radical (unpaired) electrons. The van der Waals surface area contributed by atoms with Crippen molar-refractivity contribution in [3.8, 4) is 0 Å². The zero-order valence-corrected chi connectivity index (χ0v) is 15.7. The third-order valence-electron chi connectivity index (χ3n) is 5.32. The molecule has 8 heteroatoms. The van der Waals surface area contributed by atoms with E-state index in [-0.39, 0.29) is 22.3 Å². The number of hydrogen-bond donors (Lipinski definition) is 0. The first-order chi connectivity index (χ1) is 14.0. The van der Waals surface area contributed by atoms with Crippen LogP contribution in [0.2, 0.25) is 0 Å². The lowest BCUT2D eigenvalue weighted by Gasteiger charge is -2.30. The van der Waals surface area contributed by atoms with Gasteiger partial charge in [-0.15, -0.1) is 0 Å². The zero-order valence-electron chi connectivity index (χ0n) is 15.7. The maximum Gasteiger partial charge on any atom is 0.274 e. The van der Waals surface area contributed by atoms with E-state index in [0.29, 0.717) is 12.1 Å². The van der Waals surface area contributed by atoms with Crippen LogP contribution in [0, 0.1) is 20.2 Å². The molecule has 2 aromatic carbocycles. The van der Waals surface area contributed by atoms with Gasteiger partial charge >= 0.3 is 0 Å². The normalized spacial score (nSPS) is 16.8. The van der Waals surface area contributed by atoms with Crippen molar-refractivity contribution in [2.75, 3.05) is 6.54 Å². The Bertz CT molecular complexity index is 1040. The van der Waals surface area contributed by atoms with E-state index in [1.807, 2.05) is 30.5 Å². The number of benzene rings is 2. The van der Waals surface area contributed by atoms with Gasteiger partial charge in [-0.2, -0.15) is 0 Å². The molecule has 0 saturated carbocycles. The van der Waals surface area contributed by atoms with Gasteiger partial charge in [-0.25, -0.2) is 0 Å². The Balaban J connectivity index is 1.75. The minimum atomic E-state index is -0.418. The fourth-order valence-corrected chi connectivity index (χ4v) is 4.01. The van der Waals surface area contributed by atoms with Crippen LogP contribution >= 0.6 is 0 Å². The average molecular weight is 392 g/mol. The van der Waals surface area contributed by atoms with Crippen molar-refractivity contribution < 1.29 is 9.85 Å². The molecule has 2 heterocycles. The van der Waals surface area contributed by atoms with Crippen molar-refractivity contribution in [3.05, 3.63) is 104 Å². The Morgan fingerprint density at radius 2 is 1.66 bits per heavy atom. The molecule has 3 aromatic rings. The number of aromatic nitrogens is 1. The smallest absolute Gasteiger partial charge is 0.274 e. The standard InChI is InChI=1S/C21H20N4O4/c26-24(27)17-10-8-16(9-11-17)15-23-14-4-13-22-12-3-7-20(22)21(23)18-5-1-2-6-19(18)25(28)29/h1-3,5-12,21H,4,13-15H2. The van der Waals surface area contributed by atoms with Crippen molar-refractivity contribution in [2.24, 2.45) is 0 Å². The van der Waals surface area contributed by atoms with Gasteiger partial charge in [0.15, 0.2) is 0 Å². The topological polar surface area (TPSA) is 94.5 Å². The molecule has 1 unspecified atom stereocenters. The van der Waals surface area contributed by atoms with Crippen molar-refractivity contribution >= 4 is 11.4 Å². The molecule has 4 rings (SSSR count). The Hall–Kier alpha value is -3.52. The summed E-state index contributed by atoms with van der Waals surface area (Å²) >= 11 is 0. The largest absolute Gasteiger partial charge is 0.350 e. The van der Waals surface area contributed by atoms with Gasteiger partial charge < -0.3 is 4.57 Å². The summed E-state index contributed by atoms with van der Waals surface area (Å²) in [6.07, 6.45) is 2.91. The first kappa shape index (κ1) is 18.8. The lowest BCUT2D eigenvalue weighted by molar-refractivity contribution is -0.385. The van der Waals surface area contributed by atoms with Crippen molar-refractivity contribution in [2.45, 2.75) is 25.6 Å². The van der Waals surface area contributed by atoms with E-state index in [2.05, 4.69) is 9.47 Å². The molecular weight excluding hydrogens is 372 g/mol. The minimum Gasteiger partial charge on any atom is -0.350 e. The molecule has 0 aliphatic carbocycles. The van der Waals surface area contributed by atoms with Crippen LogP contribution in [0.25, 0.3) is 0 Å². The molecular formula is C21H20N4O4. The monoisotopic (exact) mass is 392 g/mol. The molecule has 0 spiro atoms. The van der Waals surface area contributed by atoms with E-state index >= 15 is 0 Å². The number of nitro benzene ring substituents is 2. The third-order valence-corrected chi connectivity index (χ3v) is 5.32. The Kier molecular flexibility index (Phi) is 5.09. The van der Waals surface area contributed by atoms with Crippen LogP contribution in [0.5, 0.6) is 0 Å². The van der Waals surface area contributed by atoms with Gasteiger partial charge in [0.05, 0.1) is 21.5 Å². The molecule has 1 atom stereocenters. The lowest BCUT2D eigenvalue weighted by Crippen LogP contribution is -2.30. The zero-order chi connectivity index (χ0) is 20.4. The molecule has 0 N–H and O–H groups in total. The summed E-state index contributed by atoms with van der Waals surface area (Å²) in [6, 6.07) is 17.0. The molecule has 0 saturated heterocycles. The van der Waals surface area contributed by atoms with E-state index in [0.717, 1.165) is 30.8 Å². The summed E-state index contributed by atoms with van der Waals surface area (Å²) in [7, 11) is 0. The van der Waals surface area contributed by atoms with Gasteiger partial charge in [0.2, 0.25) is 0 Å². The summed E-state index contributed by atoms with van der Waals surface area (Å²) in [5.41, 5.74) is 2.74. The predicted octanol–water partition coefficient (Wildman–Crippen LogP) is 4.30. The maximum atomic E-state index is 11.7. The average Bonchev–Trinajstić information content (AvgIpc) is 3.10. The van der Waals surface area contributed by atoms with Gasteiger partial charge in [-0.05, 0) is 24.1 Å². The molecule has 148 valence electrons. The van der Waals surface area contributed by atoms with Crippen LogP contribution in [-0.4, -0.2) is 25.9 Å². The van der Waals surface area contributed by atoms with Crippen molar-refractivity contribution in [1.82, 2.24) is 9.47 Å². The molecule has 1 aromatic heterocycles. The molecule has 1 aliphatic heterocycles. The summed E-state index contributed by atoms with van der Waals surface area (Å²) in [4.78, 5) is 24.1. The highest BCUT2D eigenvalue weighted by Gasteiger charge is 2.32. The first-order valence-electron chi connectivity index (χ1n) is 9.40. The number of nitrogens with zero attached hydrogens (tertiary/aromatic N) is 4. The number of non-ortho nitro benzene ring substituents is 1. The molecule has 0 fully saturated rings. The van der Waals surface area contributed by atoms with Crippen LogP contribution in [0.3, 0.4) is 0 Å². The number of nitro groups is 2. The molecule has 29 heavy (non-hydrogen) atoms. The van der Waals surface area contributed by atoms with E-state index in [4.69, 9.17) is 0 Å². The van der Waals surface area contributed by atoms with E-state index in [9.17, 15) is 20.2 Å². The predicted molar refractivity (Wildman–Crippen MR) is 107 cm³/mol. The van der Waals surface area contributed by atoms with Crippen LogP contribution in [0.15, 0.2) is 66.9 Å². The Morgan fingerprint density at radius 1 is 0.897 bits per heavy atom. The number of para-hydroxylation sites is 1. The third kappa shape index (κ3) is 3.74. The van der Waals surface area contributed by atoms with Crippen molar-refractivity contribution in [3.63, 3.8) is 0 Å². The summed E-state index contributed by atoms with van der Waals surface area (Å²) in [6.45, 7) is 2.14. The minimum absolute atomic E-state index is 0.0498. The summed E-state index contributed by atoms with van der Waals surface area (Å²) in [5.74, 6) is 0. The number of fused-ring (bicyclic) bond motifs is 1. The first-order valence-corrected chi connectivity index (χ1v) is 9.40. The number of rotatable bonds is 5. The number of hydrogen-bond acceptors (Lipinski definition) is 5. The molecule has 0 amide bonds. The number of aryl methyl sites for hydroxylation is 1. The molecule has 0 bridgehead atoms. The van der Waals surface area contributed by atoms with E-state index in [1.54, 1.807) is 18.2 Å².